The first-order chi connectivity index (χ1) is 14.1. The number of rotatable bonds is 4. The Kier molecular flexibility index (Phi) is 13.8. The second-order valence-corrected chi connectivity index (χ2v) is 11.5. The lowest BCUT2D eigenvalue weighted by molar-refractivity contribution is 0.164. The van der Waals surface area contributed by atoms with E-state index in [1.165, 1.54) is 77.9 Å². The summed E-state index contributed by atoms with van der Waals surface area (Å²) in [6.07, 6.45) is 7.08. The summed E-state index contributed by atoms with van der Waals surface area (Å²) in [6.45, 7) is 25.4. The molecule has 0 aromatic rings. The molecule has 3 saturated heterocycles. The van der Waals surface area contributed by atoms with Crippen LogP contribution in [0.4, 0.5) is 0 Å². The van der Waals surface area contributed by atoms with Gasteiger partial charge in [-0.15, -0.1) is 0 Å². The molecule has 3 heteroatoms. The van der Waals surface area contributed by atoms with Crippen LogP contribution < -0.4 is 0 Å². The Bertz CT molecular complexity index is 404. The van der Waals surface area contributed by atoms with Crippen molar-refractivity contribution in [3.8, 4) is 0 Å². The number of nitrogens with zero attached hydrogens (tertiary/aromatic N) is 3. The third-order valence-electron chi connectivity index (χ3n) is 8.10. The predicted octanol–water partition coefficient (Wildman–Crippen LogP) is 5.95. The first kappa shape index (κ1) is 27.9. The Labute approximate surface area is 191 Å². The van der Waals surface area contributed by atoms with Crippen LogP contribution in [-0.4, -0.2) is 74.6 Å². The Morgan fingerprint density at radius 1 is 0.567 bits per heavy atom. The highest BCUT2D eigenvalue weighted by molar-refractivity contribution is 4.75. The number of hydrogen-bond donors (Lipinski definition) is 0. The molecule has 0 saturated carbocycles. The van der Waals surface area contributed by atoms with Crippen LogP contribution in [0.15, 0.2) is 0 Å². The third kappa shape index (κ3) is 11.0. The lowest BCUT2D eigenvalue weighted by atomic mass is 9.87. The van der Waals surface area contributed by atoms with Crippen LogP contribution in [0.1, 0.15) is 80.6 Å². The summed E-state index contributed by atoms with van der Waals surface area (Å²) >= 11 is 0. The van der Waals surface area contributed by atoms with E-state index in [-0.39, 0.29) is 0 Å². The fourth-order valence-corrected chi connectivity index (χ4v) is 5.14. The van der Waals surface area contributed by atoms with E-state index in [9.17, 15) is 0 Å². The summed E-state index contributed by atoms with van der Waals surface area (Å²) in [4.78, 5) is 7.41. The maximum atomic E-state index is 2.55. The molecule has 30 heavy (non-hydrogen) atoms. The maximum absolute atomic E-state index is 2.55. The molecule has 0 amide bonds. The molecule has 3 rings (SSSR count). The molecule has 180 valence electrons. The fraction of sp³-hybridized carbons (Fsp3) is 1.00. The van der Waals surface area contributed by atoms with Crippen LogP contribution in [-0.2, 0) is 0 Å². The SMILES string of the molecule is CC(C)C1CCN(C)C1.CC(C)C1CCN(C)CC1.CCN1CCC(C(C)C)CC1. The quantitative estimate of drug-likeness (QED) is 0.553. The van der Waals surface area contributed by atoms with Crippen LogP contribution in [0, 0.1) is 35.5 Å². The van der Waals surface area contributed by atoms with E-state index in [1.54, 1.807) is 0 Å². The topological polar surface area (TPSA) is 9.72 Å². The van der Waals surface area contributed by atoms with Gasteiger partial charge in [0.05, 0.1) is 0 Å². The smallest absolute Gasteiger partial charge is 0.000953 e. The molecule has 0 radical (unpaired) electrons. The van der Waals surface area contributed by atoms with Gasteiger partial charge in [0, 0.05) is 6.54 Å². The summed E-state index contributed by atoms with van der Waals surface area (Å²) in [6, 6.07) is 0. The molecule has 0 spiro atoms. The van der Waals surface area contributed by atoms with E-state index in [2.05, 4.69) is 77.3 Å². The Hall–Kier alpha value is -0.120. The van der Waals surface area contributed by atoms with Gasteiger partial charge in [-0.3, -0.25) is 0 Å². The lowest BCUT2D eigenvalue weighted by Gasteiger charge is -2.32. The fourth-order valence-electron chi connectivity index (χ4n) is 5.14. The second kappa shape index (κ2) is 14.9. The van der Waals surface area contributed by atoms with Gasteiger partial charge in [-0.1, -0.05) is 48.5 Å². The maximum Gasteiger partial charge on any atom is 0.000953 e. The number of hydrogen-bond acceptors (Lipinski definition) is 3. The molecule has 3 fully saturated rings. The molecule has 0 aromatic heterocycles. The van der Waals surface area contributed by atoms with Crippen LogP contribution in [0.2, 0.25) is 0 Å². The van der Waals surface area contributed by atoms with Gasteiger partial charge in [0.15, 0.2) is 0 Å². The van der Waals surface area contributed by atoms with Crippen molar-refractivity contribution < 1.29 is 0 Å². The minimum Gasteiger partial charge on any atom is -0.306 e. The minimum atomic E-state index is 0.884. The molecule has 3 nitrogen and oxygen atoms in total. The van der Waals surface area contributed by atoms with Gasteiger partial charge in [0.1, 0.15) is 0 Å². The van der Waals surface area contributed by atoms with Crippen molar-refractivity contribution in [1.82, 2.24) is 14.7 Å². The van der Waals surface area contributed by atoms with Crippen molar-refractivity contribution in [2.24, 2.45) is 35.5 Å². The van der Waals surface area contributed by atoms with Gasteiger partial charge in [-0.2, -0.15) is 0 Å². The molecule has 0 aromatic carbocycles. The summed E-state index contributed by atoms with van der Waals surface area (Å²) in [5.41, 5.74) is 0. The monoisotopic (exact) mass is 423 g/mol. The average molecular weight is 424 g/mol. The number of piperidine rings is 2. The van der Waals surface area contributed by atoms with Gasteiger partial charge in [-0.05, 0) is 121 Å². The van der Waals surface area contributed by atoms with Gasteiger partial charge in [-0.25, -0.2) is 0 Å². The van der Waals surface area contributed by atoms with Crippen LogP contribution in [0.3, 0.4) is 0 Å². The molecular weight excluding hydrogens is 366 g/mol. The van der Waals surface area contributed by atoms with Gasteiger partial charge < -0.3 is 14.7 Å². The summed E-state index contributed by atoms with van der Waals surface area (Å²) in [5.74, 6) is 5.64. The first-order valence-electron chi connectivity index (χ1n) is 13.2. The van der Waals surface area contributed by atoms with Crippen molar-refractivity contribution in [3.63, 3.8) is 0 Å². The zero-order valence-corrected chi connectivity index (χ0v) is 22.3. The highest BCUT2D eigenvalue weighted by Gasteiger charge is 2.22. The summed E-state index contributed by atoms with van der Waals surface area (Å²) in [7, 11) is 4.43. The van der Waals surface area contributed by atoms with Crippen LogP contribution in [0.25, 0.3) is 0 Å². The minimum absolute atomic E-state index is 0.884. The van der Waals surface area contributed by atoms with E-state index >= 15 is 0 Å². The molecule has 0 bridgehead atoms. The highest BCUT2D eigenvalue weighted by Crippen LogP contribution is 2.24. The van der Waals surface area contributed by atoms with E-state index in [4.69, 9.17) is 0 Å². The molecule has 3 aliphatic rings. The van der Waals surface area contributed by atoms with Crippen molar-refractivity contribution in [2.75, 3.05) is 59.9 Å². The van der Waals surface area contributed by atoms with Gasteiger partial charge >= 0.3 is 0 Å². The highest BCUT2D eigenvalue weighted by atomic mass is 15.1. The van der Waals surface area contributed by atoms with E-state index in [0.717, 1.165) is 35.5 Å². The molecule has 3 heterocycles. The molecular formula is C27H57N3. The largest absolute Gasteiger partial charge is 0.306 e. The zero-order chi connectivity index (χ0) is 22.7. The third-order valence-corrected chi connectivity index (χ3v) is 8.10. The van der Waals surface area contributed by atoms with E-state index in [1.807, 2.05) is 0 Å². The molecule has 3 aliphatic heterocycles. The van der Waals surface area contributed by atoms with Gasteiger partial charge in [0.25, 0.3) is 0 Å². The lowest BCUT2D eigenvalue weighted by Crippen LogP contribution is -2.34. The first-order valence-corrected chi connectivity index (χ1v) is 13.2. The molecule has 1 atom stereocenters. The summed E-state index contributed by atoms with van der Waals surface area (Å²) < 4.78 is 0. The van der Waals surface area contributed by atoms with Crippen LogP contribution in [0.5, 0.6) is 0 Å². The predicted molar refractivity (Wildman–Crippen MR) is 135 cm³/mol. The molecule has 1 unspecified atom stereocenters. The summed E-state index contributed by atoms with van der Waals surface area (Å²) in [5, 5.41) is 0. The Balaban J connectivity index is 0.000000226. The Morgan fingerprint density at radius 3 is 1.23 bits per heavy atom. The van der Waals surface area contributed by atoms with Crippen molar-refractivity contribution in [2.45, 2.75) is 80.6 Å². The molecule has 0 N–H and O–H groups in total. The number of likely N-dealkylation sites (tertiary alicyclic amines) is 3. The van der Waals surface area contributed by atoms with Gasteiger partial charge in [0.2, 0.25) is 0 Å². The zero-order valence-electron chi connectivity index (χ0n) is 22.3. The van der Waals surface area contributed by atoms with Crippen molar-refractivity contribution >= 4 is 0 Å². The normalized spacial score (nSPS) is 25.4. The Morgan fingerprint density at radius 2 is 0.933 bits per heavy atom. The van der Waals surface area contributed by atoms with E-state index < -0.39 is 0 Å². The van der Waals surface area contributed by atoms with Crippen molar-refractivity contribution in [3.05, 3.63) is 0 Å². The van der Waals surface area contributed by atoms with Crippen molar-refractivity contribution in [1.29, 1.82) is 0 Å². The van der Waals surface area contributed by atoms with E-state index in [0.29, 0.717) is 0 Å². The standard InChI is InChI=1S/C10H21N.C9H19N.C8H17N/c1-4-11-7-5-10(6-8-11)9(2)3;1-8(2)9-4-6-10(3)7-5-9;1-7(2)8-4-5-9(3)6-8/h9-10H,4-8H2,1-3H3;8-9H,4-7H2,1-3H3;7-8H,4-6H2,1-3H3. The average Bonchev–Trinajstić information content (AvgIpc) is 3.16. The second-order valence-electron chi connectivity index (χ2n) is 11.5. The molecule has 0 aliphatic carbocycles. The van der Waals surface area contributed by atoms with Crippen LogP contribution >= 0.6 is 0 Å².